The second kappa shape index (κ2) is 5.45. The summed E-state index contributed by atoms with van der Waals surface area (Å²) < 4.78 is 5.35. The molecule has 2 aromatic carbocycles. The fraction of sp³-hybridized carbons (Fsp3) is 0.188. The number of hydrogen-bond acceptors (Lipinski definition) is 2. The molecule has 2 rings (SSSR count). The van der Waals surface area contributed by atoms with Gasteiger partial charge in [-0.15, -0.1) is 0 Å². The zero-order valence-electron chi connectivity index (χ0n) is 11.2. The van der Waals surface area contributed by atoms with Crippen molar-refractivity contribution >= 4 is 17.9 Å². The first kappa shape index (κ1) is 13.6. The number of carbonyl (C=O) groups is 1. The average Bonchev–Trinajstić information content (AvgIpc) is 2.38. The molecule has 0 aliphatic heterocycles. The fourth-order valence-corrected chi connectivity index (χ4v) is 2.48. The van der Waals surface area contributed by atoms with E-state index in [4.69, 9.17) is 16.3 Å². The Hall–Kier alpha value is -1.80. The van der Waals surface area contributed by atoms with E-state index >= 15 is 0 Å². The van der Waals surface area contributed by atoms with Crippen LogP contribution in [0.2, 0.25) is 5.02 Å². The number of hydrogen-bond donors (Lipinski definition) is 0. The van der Waals surface area contributed by atoms with Gasteiger partial charge in [0.1, 0.15) is 5.75 Å². The summed E-state index contributed by atoms with van der Waals surface area (Å²) in [6, 6.07) is 9.28. The summed E-state index contributed by atoms with van der Waals surface area (Å²) in [5.74, 6) is 0.874. The molecule has 2 nitrogen and oxygen atoms in total. The van der Waals surface area contributed by atoms with Crippen molar-refractivity contribution in [3.8, 4) is 16.9 Å². The molecule has 0 amide bonds. The van der Waals surface area contributed by atoms with E-state index in [2.05, 4.69) is 0 Å². The number of halogens is 1. The van der Waals surface area contributed by atoms with Crippen LogP contribution in [0.5, 0.6) is 5.75 Å². The Labute approximate surface area is 118 Å². The lowest BCUT2D eigenvalue weighted by atomic mass is 9.96. The molecule has 0 aromatic heterocycles. The summed E-state index contributed by atoms with van der Waals surface area (Å²) in [5.41, 5.74) is 4.52. The molecule has 0 aliphatic carbocycles. The Morgan fingerprint density at radius 2 is 1.74 bits per heavy atom. The summed E-state index contributed by atoms with van der Waals surface area (Å²) in [4.78, 5) is 11.1. The lowest BCUT2D eigenvalue weighted by Gasteiger charge is -2.13. The molecule has 3 heteroatoms. The van der Waals surface area contributed by atoms with Crippen molar-refractivity contribution in [3.05, 3.63) is 52.0 Å². The molecular weight excluding hydrogens is 260 g/mol. The third-order valence-corrected chi connectivity index (χ3v) is 3.35. The zero-order valence-corrected chi connectivity index (χ0v) is 11.9. The third-order valence-electron chi connectivity index (χ3n) is 3.12. The second-order valence-corrected chi connectivity index (χ2v) is 4.93. The summed E-state index contributed by atoms with van der Waals surface area (Å²) in [6.07, 6.45) is 0.848. The minimum absolute atomic E-state index is 0.617. The van der Waals surface area contributed by atoms with E-state index in [1.165, 1.54) is 0 Å². The van der Waals surface area contributed by atoms with Crippen LogP contribution in [0, 0.1) is 13.8 Å². The van der Waals surface area contributed by atoms with E-state index in [1.807, 2.05) is 32.0 Å². The number of rotatable bonds is 3. The van der Waals surface area contributed by atoms with E-state index in [0.29, 0.717) is 10.6 Å². The lowest BCUT2D eigenvalue weighted by molar-refractivity contribution is 0.112. The van der Waals surface area contributed by atoms with Crippen LogP contribution < -0.4 is 4.74 Å². The Morgan fingerprint density at radius 1 is 1.11 bits per heavy atom. The first-order chi connectivity index (χ1) is 9.06. The van der Waals surface area contributed by atoms with Crippen LogP contribution in [-0.2, 0) is 0 Å². The van der Waals surface area contributed by atoms with Gasteiger partial charge in [-0.25, -0.2) is 0 Å². The van der Waals surface area contributed by atoms with Crippen molar-refractivity contribution < 1.29 is 9.53 Å². The van der Waals surface area contributed by atoms with Crippen LogP contribution >= 0.6 is 11.6 Å². The zero-order chi connectivity index (χ0) is 14.0. The standard InChI is InChI=1S/C16H15ClO2/c1-10-6-13(7-11(2)16(10)19-3)15-8-14(17)5-4-12(15)9-18/h4-9H,1-3H3. The van der Waals surface area contributed by atoms with Crippen LogP contribution in [0.25, 0.3) is 11.1 Å². The van der Waals surface area contributed by atoms with Crippen molar-refractivity contribution in [1.29, 1.82) is 0 Å². The highest BCUT2D eigenvalue weighted by Gasteiger charge is 2.10. The van der Waals surface area contributed by atoms with Crippen molar-refractivity contribution in [3.63, 3.8) is 0 Å². The normalized spacial score (nSPS) is 10.3. The SMILES string of the molecule is COc1c(C)cc(-c2cc(Cl)ccc2C=O)cc1C. The van der Waals surface area contributed by atoms with Gasteiger partial charge in [0.25, 0.3) is 0 Å². The van der Waals surface area contributed by atoms with E-state index in [9.17, 15) is 4.79 Å². The minimum atomic E-state index is 0.617. The molecule has 2 aromatic rings. The molecule has 19 heavy (non-hydrogen) atoms. The molecule has 0 aliphatic rings. The largest absolute Gasteiger partial charge is 0.496 e. The van der Waals surface area contributed by atoms with Gasteiger partial charge in [-0.3, -0.25) is 4.79 Å². The Morgan fingerprint density at radius 3 is 2.26 bits per heavy atom. The van der Waals surface area contributed by atoms with Gasteiger partial charge in [0.05, 0.1) is 7.11 Å². The van der Waals surface area contributed by atoms with Crippen molar-refractivity contribution in [2.75, 3.05) is 7.11 Å². The van der Waals surface area contributed by atoms with E-state index < -0.39 is 0 Å². The van der Waals surface area contributed by atoms with E-state index in [-0.39, 0.29) is 0 Å². The van der Waals surface area contributed by atoms with Gasteiger partial charge in [-0.2, -0.15) is 0 Å². The predicted octanol–water partition coefficient (Wildman–Crippen LogP) is 4.44. The van der Waals surface area contributed by atoms with Gasteiger partial charge in [-0.1, -0.05) is 11.6 Å². The van der Waals surface area contributed by atoms with Gasteiger partial charge >= 0.3 is 0 Å². The number of methoxy groups -OCH3 is 1. The maximum Gasteiger partial charge on any atom is 0.150 e. The lowest BCUT2D eigenvalue weighted by Crippen LogP contribution is -1.94. The maximum absolute atomic E-state index is 11.1. The number of ether oxygens (including phenoxy) is 1. The van der Waals surface area contributed by atoms with Gasteiger partial charge in [0, 0.05) is 10.6 Å². The highest BCUT2D eigenvalue weighted by molar-refractivity contribution is 6.31. The monoisotopic (exact) mass is 274 g/mol. The smallest absolute Gasteiger partial charge is 0.150 e. The molecule has 0 N–H and O–H groups in total. The molecule has 0 spiro atoms. The van der Waals surface area contributed by atoms with Crippen molar-refractivity contribution in [2.24, 2.45) is 0 Å². The Kier molecular flexibility index (Phi) is 3.91. The Bertz CT molecular complexity index is 610. The first-order valence-electron chi connectivity index (χ1n) is 5.97. The van der Waals surface area contributed by atoms with Crippen LogP contribution in [0.15, 0.2) is 30.3 Å². The maximum atomic E-state index is 11.1. The molecular formula is C16H15ClO2. The second-order valence-electron chi connectivity index (χ2n) is 4.49. The average molecular weight is 275 g/mol. The molecule has 0 radical (unpaired) electrons. The minimum Gasteiger partial charge on any atom is -0.496 e. The quantitative estimate of drug-likeness (QED) is 0.773. The fourth-order valence-electron chi connectivity index (χ4n) is 2.31. The molecule has 0 bridgehead atoms. The predicted molar refractivity (Wildman–Crippen MR) is 78.3 cm³/mol. The summed E-state index contributed by atoms with van der Waals surface area (Å²) in [5, 5.41) is 0.617. The molecule has 0 unspecified atom stereocenters. The van der Waals surface area contributed by atoms with Crippen LogP contribution in [0.1, 0.15) is 21.5 Å². The molecule has 0 atom stereocenters. The molecule has 0 heterocycles. The number of aryl methyl sites for hydroxylation is 2. The molecule has 0 saturated heterocycles. The van der Waals surface area contributed by atoms with Crippen LogP contribution in [0.3, 0.4) is 0 Å². The first-order valence-corrected chi connectivity index (χ1v) is 6.35. The van der Waals surface area contributed by atoms with Crippen molar-refractivity contribution in [2.45, 2.75) is 13.8 Å². The highest BCUT2D eigenvalue weighted by atomic mass is 35.5. The van der Waals surface area contributed by atoms with Gasteiger partial charge in [0.15, 0.2) is 6.29 Å². The van der Waals surface area contributed by atoms with Gasteiger partial charge in [-0.05, 0) is 66.4 Å². The van der Waals surface area contributed by atoms with Crippen molar-refractivity contribution in [1.82, 2.24) is 0 Å². The van der Waals surface area contributed by atoms with Gasteiger partial charge < -0.3 is 4.74 Å². The molecule has 0 saturated carbocycles. The highest BCUT2D eigenvalue weighted by Crippen LogP contribution is 2.32. The third kappa shape index (κ3) is 2.64. The summed E-state index contributed by atoms with van der Waals surface area (Å²) >= 11 is 6.02. The number of carbonyl (C=O) groups excluding carboxylic acids is 1. The molecule has 98 valence electrons. The number of benzene rings is 2. The topological polar surface area (TPSA) is 26.3 Å². The van der Waals surface area contributed by atoms with Gasteiger partial charge in [0.2, 0.25) is 0 Å². The summed E-state index contributed by atoms with van der Waals surface area (Å²) in [6.45, 7) is 3.97. The number of aldehydes is 1. The van der Waals surface area contributed by atoms with E-state index in [1.54, 1.807) is 19.2 Å². The summed E-state index contributed by atoms with van der Waals surface area (Å²) in [7, 11) is 1.66. The molecule has 0 fully saturated rings. The van der Waals surface area contributed by atoms with Crippen LogP contribution in [0.4, 0.5) is 0 Å². The van der Waals surface area contributed by atoms with Crippen LogP contribution in [-0.4, -0.2) is 13.4 Å². The Balaban J connectivity index is 2.65. The van der Waals surface area contributed by atoms with E-state index in [0.717, 1.165) is 34.3 Å².